The van der Waals surface area contributed by atoms with E-state index in [0.29, 0.717) is 30.7 Å². The number of piperazine rings is 1. The van der Waals surface area contributed by atoms with Crippen molar-refractivity contribution in [2.24, 2.45) is 5.92 Å². The molecule has 48 heavy (non-hydrogen) atoms. The Morgan fingerprint density at radius 2 is 1.67 bits per heavy atom. The smallest absolute Gasteiger partial charge is 0.265 e. The number of likely N-dealkylation sites (N-methyl/N-ethyl adjacent to an activating group) is 1. The average Bonchev–Trinajstić information content (AvgIpc) is 3.08. The van der Waals surface area contributed by atoms with Crippen LogP contribution < -0.4 is 26.0 Å². The van der Waals surface area contributed by atoms with Gasteiger partial charge in [0.2, 0.25) is 18.2 Å². The van der Waals surface area contributed by atoms with Crippen LogP contribution in [-0.4, -0.2) is 106 Å². The number of piperidine rings is 1. The van der Waals surface area contributed by atoms with Gasteiger partial charge in [-0.1, -0.05) is 26.2 Å². The highest BCUT2D eigenvalue weighted by molar-refractivity contribution is 6.00. The van der Waals surface area contributed by atoms with Crippen molar-refractivity contribution < 1.29 is 24.0 Å². The van der Waals surface area contributed by atoms with Crippen LogP contribution in [0.3, 0.4) is 0 Å². The van der Waals surface area contributed by atoms with Gasteiger partial charge in [-0.2, -0.15) is 0 Å². The summed E-state index contributed by atoms with van der Waals surface area (Å²) in [5, 5.41) is 2.17. The van der Waals surface area contributed by atoms with E-state index >= 15 is 0 Å². The number of anilines is 2. The van der Waals surface area contributed by atoms with E-state index in [2.05, 4.69) is 62.1 Å². The number of amides is 4. The summed E-state index contributed by atoms with van der Waals surface area (Å²) in [6.45, 7) is 12.4. The summed E-state index contributed by atoms with van der Waals surface area (Å²) in [6.07, 6.45) is 6.95. The molecule has 0 saturated carbocycles. The molecule has 2 aromatic carbocycles. The van der Waals surface area contributed by atoms with Crippen molar-refractivity contribution in [1.29, 1.82) is 0 Å². The van der Waals surface area contributed by atoms with Crippen LogP contribution in [0.1, 0.15) is 71.7 Å². The van der Waals surface area contributed by atoms with E-state index in [4.69, 9.17) is 0 Å². The molecular formula is C36H51N7O5. The third-order valence-corrected chi connectivity index (χ3v) is 9.31. The Morgan fingerprint density at radius 1 is 0.958 bits per heavy atom. The molecule has 0 aromatic heterocycles. The Morgan fingerprint density at radius 3 is 2.29 bits per heavy atom. The lowest BCUT2D eigenvalue weighted by molar-refractivity contribution is -0.140. The quantitative estimate of drug-likeness (QED) is 0.121. The summed E-state index contributed by atoms with van der Waals surface area (Å²) in [5.41, 5.74) is 10.8. The predicted octanol–water partition coefficient (Wildman–Crippen LogP) is 2.76. The fourth-order valence-electron chi connectivity index (χ4n) is 6.26. The first-order valence-electron chi connectivity index (χ1n) is 17.1. The van der Waals surface area contributed by atoms with Crippen molar-refractivity contribution in [2.45, 2.75) is 58.4 Å². The molecule has 0 spiro atoms. The molecule has 2 aromatic rings. The van der Waals surface area contributed by atoms with Crippen LogP contribution in [0.5, 0.6) is 0 Å². The molecule has 1 unspecified atom stereocenters. The normalized spacial score (nSPS) is 18.3. The van der Waals surface area contributed by atoms with Gasteiger partial charge in [-0.3, -0.25) is 39.6 Å². The molecule has 0 bridgehead atoms. The number of hydrazine groups is 1. The highest BCUT2D eigenvalue weighted by atomic mass is 16.2. The number of imide groups is 1. The van der Waals surface area contributed by atoms with E-state index < -0.39 is 6.04 Å². The van der Waals surface area contributed by atoms with Gasteiger partial charge in [0.1, 0.15) is 12.3 Å². The fourth-order valence-corrected chi connectivity index (χ4v) is 6.26. The zero-order chi connectivity index (χ0) is 34.5. The van der Waals surface area contributed by atoms with Crippen molar-refractivity contribution in [3.8, 4) is 0 Å². The number of nitrogens with one attached hydrogen (secondary N) is 3. The van der Waals surface area contributed by atoms with E-state index in [1.165, 1.54) is 42.6 Å². The molecule has 3 aliphatic rings. The number of carbonyl (C=O) groups is 5. The number of rotatable bonds is 14. The lowest BCUT2D eigenvalue weighted by Crippen LogP contribution is -2.55. The van der Waals surface area contributed by atoms with Crippen LogP contribution in [0.25, 0.3) is 0 Å². The lowest BCUT2D eigenvalue weighted by Gasteiger charge is -2.45. The van der Waals surface area contributed by atoms with E-state index in [1.807, 2.05) is 25.1 Å². The van der Waals surface area contributed by atoms with Crippen molar-refractivity contribution >= 4 is 41.8 Å². The molecular weight excluding hydrogens is 610 g/mol. The molecule has 3 saturated heterocycles. The molecule has 4 amide bonds. The van der Waals surface area contributed by atoms with Gasteiger partial charge in [0, 0.05) is 94.2 Å². The molecule has 0 radical (unpaired) electrons. The van der Waals surface area contributed by atoms with Crippen molar-refractivity contribution in [2.75, 3.05) is 69.2 Å². The minimum Gasteiger partial charge on any atom is -0.371 e. The van der Waals surface area contributed by atoms with Gasteiger partial charge < -0.3 is 14.7 Å². The van der Waals surface area contributed by atoms with E-state index in [9.17, 15) is 24.0 Å². The summed E-state index contributed by atoms with van der Waals surface area (Å²) < 4.78 is 0. The van der Waals surface area contributed by atoms with Gasteiger partial charge in [0.15, 0.2) is 0 Å². The summed E-state index contributed by atoms with van der Waals surface area (Å²) in [4.78, 5) is 64.1. The van der Waals surface area contributed by atoms with Crippen LogP contribution in [0.4, 0.5) is 11.4 Å². The van der Waals surface area contributed by atoms with Gasteiger partial charge in [-0.15, -0.1) is 0 Å². The maximum atomic E-state index is 12.3. The van der Waals surface area contributed by atoms with Gasteiger partial charge in [0.05, 0.1) is 0 Å². The SMILES string of the molecule is CCCCCCNNC(=O)c1ccc(N2CCN(CC3CN(c4ccc(C=O)c(C)c4)C3)CC2)cc1.CN(C=O)C1CCC(=O)NC1=O. The van der Waals surface area contributed by atoms with E-state index in [0.717, 1.165) is 76.2 Å². The van der Waals surface area contributed by atoms with Gasteiger partial charge >= 0.3 is 0 Å². The number of aryl methyl sites for hydroxylation is 1. The average molecular weight is 662 g/mol. The van der Waals surface area contributed by atoms with Crippen molar-refractivity contribution in [3.05, 3.63) is 59.2 Å². The minimum absolute atomic E-state index is 0.0776. The van der Waals surface area contributed by atoms with Crippen molar-refractivity contribution in [1.82, 2.24) is 26.0 Å². The number of unbranched alkanes of at least 4 members (excludes halogenated alkanes) is 3. The summed E-state index contributed by atoms with van der Waals surface area (Å²) in [7, 11) is 1.52. The largest absolute Gasteiger partial charge is 0.371 e. The molecule has 12 nitrogen and oxygen atoms in total. The maximum Gasteiger partial charge on any atom is 0.265 e. The lowest BCUT2D eigenvalue weighted by atomic mass is 9.97. The number of hydrogen-bond acceptors (Lipinski definition) is 9. The fraction of sp³-hybridized carbons (Fsp3) is 0.528. The van der Waals surface area contributed by atoms with Crippen LogP contribution in [-0.2, 0) is 14.4 Å². The number of carbonyl (C=O) groups excluding carboxylic acids is 5. The van der Waals surface area contributed by atoms with Crippen LogP contribution in [0.15, 0.2) is 42.5 Å². The molecule has 12 heteroatoms. The molecule has 3 heterocycles. The molecule has 1 atom stereocenters. The Kier molecular flexibility index (Phi) is 13.9. The van der Waals surface area contributed by atoms with Crippen LogP contribution in [0.2, 0.25) is 0 Å². The Bertz CT molecular complexity index is 1390. The molecule has 5 rings (SSSR count). The predicted molar refractivity (Wildman–Crippen MR) is 187 cm³/mol. The molecule has 3 fully saturated rings. The van der Waals surface area contributed by atoms with E-state index in [1.54, 1.807) is 0 Å². The maximum absolute atomic E-state index is 12.3. The summed E-state index contributed by atoms with van der Waals surface area (Å²) in [5.74, 6) is -0.0386. The molecule has 3 aliphatic heterocycles. The first-order valence-corrected chi connectivity index (χ1v) is 17.1. The standard InChI is InChI=1S/C29H41N5O2.C7H10N2O3/c1-3-4-5-6-13-30-31-29(36)25-7-10-27(11-8-25)33-16-14-32(15-17-33)19-24-20-34(21-24)28-12-9-26(22-35)23(2)18-28;1-9(4-10)5-2-3-6(11)8-7(5)12/h7-12,18,22,24,30H,3-6,13-17,19-21H2,1-2H3,(H,31,36);4-5H,2-3H2,1H3,(H,8,11,12). The number of hydrogen-bond donors (Lipinski definition) is 3. The van der Waals surface area contributed by atoms with Crippen LogP contribution >= 0.6 is 0 Å². The topological polar surface area (TPSA) is 134 Å². The second kappa shape index (κ2) is 18.3. The van der Waals surface area contributed by atoms with Gasteiger partial charge in [-0.05, 0) is 67.8 Å². The Balaban J connectivity index is 0.000000365. The third kappa shape index (κ3) is 10.4. The first-order chi connectivity index (χ1) is 23.2. The first kappa shape index (κ1) is 36.5. The summed E-state index contributed by atoms with van der Waals surface area (Å²) in [6, 6.07) is 13.6. The monoisotopic (exact) mass is 661 g/mol. The minimum atomic E-state index is -0.486. The Labute approximate surface area is 284 Å². The highest BCUT2D eigenvalue weighted by Crippen LogP contribution is 2.27. The zero-order valence-corrected chi connectivity index (χ0v) is 28.6. The summed E-state index contributed by atoms with van der Waals surface area (Å²) >= 11 is 0. The third-order valence-electron chi connectivity index (χ3n) is 9.31. The molecule has 260 valence electrons. The van der Waals surface area contributed by atoms with Crippen molar-refractivity contribution in [3.63, 3.8) is 0 Å². The van der Waals surface area contributed by atoms with Gasteiger partial charge in [0.25, 0.3) is 5.91 Å². The second-order valence-corrected chi connectivity index (χ2v) is 12.9. The number of benzene rings is 2. The molecule has 3 N–H and O–H groups in total. The van der Waals surface area contributed by atoms with E-state index in [-0.39, 0.29) is 17.7 Å². The number of nitrogens with zero attached hydrogens (tertiary/aromatic N) is 4. The molecule has 0 aliphatic carbocycles. The van der Waals surface area contributed by atoms with Gasteiger partial charge in [-0.25, -0.2) is 5.43 Å². The number of aldehydes is 1. The zero-order valence-electron chi connectivity index (χ0n) is 28.6. The Hall–Kier alpha value is -4.29. The second-order valence-electron chi connectivity index (χ2n) is 12.9. The highest BCUT2D eigenvalue weighted by Gasteiger charge is 2.30. The van der Waals surface area contributed by atoms with Crippen LogP contribution in [0, 0.1) is 12.8 Å².